The van der Waals surface area contributed by atoms with Gasteiger partial charge in [0.05, 0.1) is 13.2 Å². The summed E-state index contributed by atoms with van der Waals surface area (Å²) in [6.45, 7) is 10.3. The average molecular weight is 202 g/mol. The Kier molecular flexibility index (Phi) is 10.9. The van der Waals surface area contributed by atoms with Gasteiger partial charge in [-0.1, -0.05) is 26.7 Å². The zero-order valence-electron chi connectivity index (χ0n) is 9.80. The van der Waals surface area contributed by atoms with Crippen LogP contribution in [-0.4, -0.2) is 44.3 Å². The number of nitrogens with two attached hydrogens (primary N) is 1. The first kappa shape index (κ1) is 13.9. The van der Waals surface area contributed by atoms with Crippen LogP contribution in [0, 0.1) is 0 Å². The molecule has 1 fully saturated rings. The van der Waals surface area contributed by atoms with E-state index in [2.05, 4.69) is 18.7 Å². The Morgan fingerprint density at radius 2 is 1.71 bits per heavy atom. The summed E-state index contributed by atoms with van der Waals surface area (Å²) in [6.07, 6.45) is 3.75. The third-order valence-electron chi connectivity index (χ3n) is 2.28. The smallest absolute Gasteiger partial charge is 0.0594 e. The van der Waals surface area contributed by atoms with E-state index >= 15 is 0 Å². The van der Waals surface area contributed by atoms with Crippen LogP contribution in [-0.2, 0) is 4.74 Å². The maximum absolute atomic E-state index is 5.39. The van der Waals surface area contributed by atoms with Gasteiger partial charge < -0.3 is 10.5 Å². The first-order valence-electron chi connectivity index (χ1n) is 5.85. The highest BCUT2D eigenvalue weighted by Crippen LogP contribution is 1.96. The summed E-state index contributed by atoms with van der Waals surface area (Å²) in [7, 11) is 0. The predicted molar refractivity (Wildman–Crippen MR) is 61.5 cm³/mol. The van der Waals surface area contributed by atoms with Crippen LogP contribution in [0.2, 0.25) is 0 Å². The van der Waals surface area contributed by atoms with Crippen LogP contribution in [0.3, 0.4) is 0 Å². The summed E-state index contributed by atoms with van der Waals surface area (Å²) in [5, 5.41) is 0. The molecular formula is C11H26N2O. The lowest BCUT2D eigenvalue weighted by Gasteiger charge is -2.26. The van der Waals surface area contributed by atoms with Gasteiger partial charge in [-0.3, -0.25) is 4.90 Å². The summed E-state index contributed by atoms with van der Waals surface area (Å²) in [5.74, 6) is 0. The quantitative estimate of drug-likeness (QED) is 0.750. The van der Waals surface area contributed by atoms with Gasteiger partial charge in [0.15, 0.2) is 0 Å². The molecule has 0 unspecified atom stereocenters. The Morgan fingerprint density at radius 3 is 2.14 bits per heavy atom. The van der Waals surface area contributed by atoms with E-state index in [1.165, 1.54) is 12.8 Å². The van der Waals surface area contributed by atoms with E-state index in [1.807, 2.05) is 0 Å². The van der Waals surface area contributed by atoms with E-state index in [0.29, 0.717) is 0 Å². The minimum absolute atomic E-state index is 0.803. The van der Waals surface area contributed by atoms with Crippen molar-refractivity contribution in [2.24, 2.45) is 5.73 Å². The molecule has 1 aliphatic heterocycles. The van der Waals surface area contributed by atoms with Gasteiger partial charge in [-0.15, -0.1) is 0 Å². The maximum Gasteiger partial charge on any atom is 0.0594 e. The largest absolute Gasteiger partial charge is 0.379 e. The van der Waals surface area contributed by atoms with Gasteiger partial charge in [0.2, 0.25) is 0 Å². The molecule has 0 aliphatic carbocycles. The lowest BCUT2D eigenvalue weighted by atomic mass is 10.3. The predicted octanol–water partition coefficient (Wildman–Crippen LogP) is 1.47. The van der Waals surface area contributed by atoms with E-state index in [4.69, 9.17) is 10.5 Å². The van der Waals surface area contributed by atoms with E-state index in [-0.39, 0.29) is 0 Å². The summed E-state index contributed by atoms with van der Waals surface area (Å²) in [6, 6.07) is 0. The molecule has 3 nitrogen and oxygen atoms in total. The molecule has 14 heavy (non-hydrogen) atoms. The minimum Gasteiger partial charge on any atom is -0.379 e. The molecular weight excluding hydrogens is 176 g/mol. The number of ether oxygens (including phenoxy) is 1. The molecule has 86 valence electrons. The van der Waals surface area contributed by atoms with Gasteiger partial charge in [0.1, 0.15) is 0 Å². The van der Waals surface area contributed by atoms with E-state index < -0.39 is 0 Å². The summed E-state index contributed by atoms with van der Waals surface area (Å²) < 4.78 is 5.21. The van der Waals surface area contributed by atoms with Crippen molar-refractivity contribution in [2.75, 3.05) is 39.4 Å². The fourth-order valence-corrected chi connectivity index (χ4v) is 1.14. The van der Waals surface area contributed by atoms with Crippen molar-refractivity contribution >= 4 is 0 Å². The van der Waals surface area contributed by atoms with Gasteiger partial charge in [-0.25, -0.2) is 0 Å². The maximum atomic E-state index is 5.39. The lowest BCUT2D eigenvalue weighted by molar-refractivity contribution is 0.0377. The number of hydrogen-bond donors (Lipinski definition) is 1. The number of morpholine rings is 1. The number of rotatable bonds is 4. The number of unbranched alkanes of at least 4 members (excludes halogenated alkanes) is 1. The molecule has 0 amide bonds. The Bertz CT molecular complexity index is 101. The zero-order chi connectivity index (χ0) is 10.6. The van der Waals surface area contributed by atoms with Crippen molar-refractivity contribution < 1.29 is 4.74 Å². The molecule has 0 radical (unpaired) electrons. The molecule has 1 rings (SSSR count). The highest BCUT2D eigenvalue weighted by molar-refractivity contribution is 4.61. The Hall–Kier alpha value is -0.120. The topological polar surface area (TPSA) is 38.5 Å². The first-order valence-corrected chi connectivity index (χ1v) is 5.85. The van der Waals surface area contributed by atoms with Gasteiger partial charge in [-0.2, -0.15) is 0 Å². The zero-order valence-corrected chi connectivity index (χ0v) is 9.80. The van der Waals surface area contributed by atoms with E-state index in [9.17, 15) is 0 Å². The van der Waals surface area contributed by atoms with Crippen LogP contribution in [0.5, 0.6) is 0 Å². The standard InChI is InChI=1S/C7H16N2O.C4H10/c8-2-1-3-9-4-6-10-7-5-9;1-3-4-2/h1-8H2;3-4H2,1-2H3. The van der Waals surface area contributed by atoms with Gasteiger partial charge >= 0.3 is 0 Å². The molecule has 1 heterocycles. The van der Waals surface area contributed by atoms with Crippen LogP contribution in [0.1, 0.15) is 33.1 Å². The fourth-order valence-electron chi connectivity index (χ4n) is 1.14. The number of nitrogens with zero attached hydrogens (tertiary/aromatic N) is 1. The fraction of sp³-hybridized carbons (Fsp3) is 1.00. The van der Waals surface area contributed by atoms with E-state index in [1.54, 1.807) is 0 Å². The normalized spacial score (nSPS) is 17.4. The molecule has 0 atom stereocenters. The second kappa shape index (κ2) is 11.0. The summed E-state index contributed by atoms with van der Waals surface area (Å²) >= 11 is 0. The van der Waals surface area contributed by atoms with Gasteiger partial charge in [-0.05, 0) is 19.5 Å². The highest BCUT2D eigenvalue weighted by atomic mass is 16.5. The second-order valence-electron chi connectivity index (χ2n) is 3.60. The molecule has 0 spiro atoms. The first-order chi connectivity index (χ1) is 6.85. The molecule has 0 bridgehead atoms. The third kappa shape index (κ3) is 8.48. The van der Waals surface area contributed by atoms with Crippen molar-refractivity contribution in [2.45, 2.75) is 33.1 Å². The van der Waals surface area contributed by atoms with Crippen molar-refractivity contribution in [3.8, 4) is 0 Å². The molecule has 0 saturated carbocycles. The SMILES string of the molecule is CCCC.NCCCN1CCOCC1. The second-order valence-corrected chi connectivity index (χ2v) is 3.60. The molecule has 3 heteroatoms. The summed E-state index contributed by atoms with van der Waals surface area (Å²) in [5.41, 5.74) is 5.39. The lowest BCUT2D eigenvalue weighted by Crippen LogP contribution is -2.37. The van der Waals surface area contributed by atoms with Crippen molar-refractivity contribution in [1.82, 2.24) is 4.90 Å². The van der Waals surface area contributed by atoms with E-state index in [0.717, 1.165) is 45.8 Å². The highest BCUT2D eigenvalue weighted by Gasteiger charge is 2.07. The van der Waals surface area contributed by atoms with Crippen LogP contribution < -0.4 is 5.73 Å². The molecule has 0 aromatic carbocycles. The Balaban J connectivity index is 0.000000364. The molecule has 0 aromatic heterocycles. The molecule has 0 aromatic rings. The van der Waals surface area contributed by atoms with Gasteiger partial charge in [0, 0.05) is 13.1 Å². The Morgan fingerprint density at radius 1 is 1.14 bits per heavy atom. The molecule has 2 N–H and O–H groups in total. The third-order valence-corrected chi connectivity index (χ3v) is 2.28. The van der Waals surface area contributed by atoms with Crippen LogP contribution in [0.4, 0.5) is 0 Å². The minimum atomic E-state index is 0.803. The van der Waals surface area contributed by atoms with Crippen molar-refractivity contribution in [3.05, 3.63) is 0 Å². The summed E-state index contributed by atoms with van der Waals surface area (Å²) in [4.78, 5) is 2.40. The Labute approximate surface area is 88.6 Å². The van der Waals surface area contributed by atoms with Crippen molar-refractivity contribution in [3.63, 3.8) is 0 Å². The molecule has 1 aliphatic rings. The van der Waals surface area contributed by atoms with Gasteiger partial charge in [0.25, 0.3) is 0 Å². The number of hydrogen-bond acceptors (Lipinski definition) is 3. The van der Waals surface area contributed by atoms with Crippen LogP contribution in [0.25, 0.3) is 0 Å². The van der Waals surface area contributed by atoms with Crippen LogP contribution >= 0.6 is 0 Å². The van der Waals surface area contributed by atoms with Crippen molar-refractivity contribution in [1.29, 1.82) is 0 Å². The monoisotopic (exact) mass is 202 g/mol. The molecule has 1 saturated heterocycles. The average Bonchev–Trinajstić information content (AvgIpc) is 2.28. The van der Waals surface area contributed by atoms with Crippen LogP contribution in [0.15, 0.2) is 0 Å².